The molecule has 0 radical (unpaired) electrons. The normalized spacial score (nSPS) is 15.7. The van der Waals surface area contributed by atoms with Crippen LogP contribution in [0.2, 0.25) is 0 Å². The molecule has 0 saturated carbocycles. The third kappa shape index (κ3) is 2.42. The van der Waals surface area contributed by atoms with Gasteiger partial charge in [0, 0.05) is 6.54 Å². The van der Waals surface area contributed by atoms with Crippen molar-refractivity contribution in [2.24, 2.45) is 0 Å². The van der Waals surface area contributed by atoms with Crippen LogP contribution in [0.25, 0.3) is 10.2 Å². The lowest BCUT2D eigenvalue weighted by Gasteiger charge is -2.12. The molecule has 3 rings (SSSR count). The summed E-state index contributed by atoms with van der Waals surface area (Å²) < 4.78 is 1.96. The number of aromatic nitrogens is 2. The van der Waals surface area contributed by atoms with Gasteiger partial charge >= 0.3 is 5.69 Å². The zero-order valence-corrected chi connectivity index (χ0v) is 11.5. The molecule has 0 aromatic carbocycles. The lowest BCUT2D eigenvalue weighted by atomic mass is 9.97. The van der Waals surface area contributed by atoms with Crippen molar-refractivity contribution in [1.82, 2.24) is 9.55 Å². The molecule has 0 spiro atoms. The zero-order chi connectivity index (χ0) is 13.2. The molecule has 4 nitrogen and oxygen atoms in total. The van der Waals surface area contributed by atoms with E-state index in [9.17, 15) is 9.59 Å². The summed E-state index contributed by atoms with van der Waals surface area (Å²) in [5.41, 5.74) is 1.56. The van der Waals surface area contributed by atoms with Crippen LogP contribution in [-0.2, 0) is 6.54 Å². The van der Waals surface area contributed by atoms with Gasteiger partial charge < -0.3 is 4.98 Å². The number of fused-ring (bicyclic) bond motifs is 1. The fourth-order valence-corrected chi connectivity index (χ4v) is 3.36. The van der Waals surface area contributed by atoms with Crippen LogP contribution < -0.4 is 11.2 Å². The van der Waals surface area contributed by atoms with Gasteiger partial charge in [0.1, 0.15) is 4.70 Å². The summed E-state index contributed by atoms with van der Waals surface area (Å²) in [7, 11) is 0. The molecule has 0 atom stereocenters. The molecule has 19 heavy (non-hydrogen) atoms. The number of nitrogens with one attached hydrogen (secondary N) is 1. The van der Waals surface area contributed by atoms with Crippen LogP contribution in [0.3, 0.4) is 0 Å². The summed E-state index contributed by atoms with van der Waals surface area (Å²) in [5.74, 6) is 0. The second kappa shape index (κ2) is 5.17. The number of aromatic amines is 1. The summed E-state index contributed by atoms with van der Waals surface area (Å²) in [6.07, 6.45) is 7.77. The zero-order valence-electron chi connectivity index (χ0n) is 10.6. The van der Waals surface area contributed by atoms with Gasteiger partial charge in [-0.2, -0.15) is 0 Å². The monoisotopic (exact) mass is 276 g/mol. The van der Waals surface area contributed by atoms with E-state index in [0.717, 1.165) is 19.3 Å². The second-order valence-electron chi connectivity index (χ2n) is 4.91. The molecule has 1 N–H and O–H groups in total. The molecule has 0 aliphatic heterocycles. The largest absolute Gasteiger partial charge is 0.328 e. The van der Waals surface area contributed by atoms with Gasteiger partial charge in [0.2, 0.25) is 0 Å². The minimum Gasteiger partial charge on any atom is -0.306 e. The van der Waals surface area contributed by atoms with E-state index in [4.69, 9.17) is 0 Å². The van der Waals surface area contributed by atoms with Crippen molar-refractivity contribution in [1.29, 1.82) is 0 Å². The molecule has 0 bridgehead atoms. The van der Waals surface area contributed by atoms with E-state index in [0.29, 0.717) is 16.8 Å². The molecule has 0 saturated heterocycles. The van der Waals surface area contributed by atoms with Crippen molar-refractivity contribution in [2.75, 3.05) is 0 Å². The Hall–Kier alpha value is -1.62. The van der Waals surface area contributed by atoms with E-state index >= 15 is 0 Å². The van der Waals surface area contributed by atoms with E-state index in [-0.39, 0.29) is 11.2 Å². The molecule has 100 valence electrons. The molecule has 2 aromatic rings. The SMILES string of the molecule is O=c1[nH]c2ccsc2c(=O)n1CCC1=CCCCC1. The molecule has 5 heteroatoms. The van der Waals surface area contributed by atoms with Gasteiger partial charge in [-0.3, -0.25) is 9.36 Å². The first-order chi connectivity index (χ1) is 9.25. The molecule has 0 fully saturated rings. The summed E-state index contributed by atoms with van der Waals surface area (Å²) in [4.78, 5) is 26.9. The number of nitrogens with zero attached hydrogens (tertiary/aromatic N) is 1. The van der Waals surface area contributed by atoms with Gasteiger partial charge in [0.15, 0.2) is 0 Å². The quantitative estimate of drug-likeness (QED) is 0.876. The van der Waals surface area contributed by atoms with Gasteiger partial charge in [-0.25, -0.2) is 4.79 Å². The Balaban J connectivity index is 1.90. The van der Waals surface area contributed by atoms with Gasteiger partial charge in [0.25, 0.3) is 5.56 Å². The van der Waals surface area contributed by atoms with Crippen LogP contribution in [0.1, 0.15) is 32.1 Å². The Labute approximate surface area is 114 Å². The summed E-state index contributed by atoms with van der Waals surface area (Å²) in [5, 5.41) is 1.83. The molecule has 2 aromatic heterocycles. The topological polar surface area (TPSA) is 54.9 Å². The fourth-order valence-electron chi connectivity index (χ4n) is 2.56. The van der Waals surface area contributed by atoms with Crippen molar-refractivity contribution in [2.45, 2.75) is 38.6 Å². The van der Waals surface area contributed by atoms with Crippen molar-refractivity contribution in [3.05, 3.63) is 43.9 Å². The smallest absolute Gasteiger partial charge is 0.306 e. The highest BCUT2D eigenvalue weighted by Crippen LogP contribution is 2.20. The maximum Gasteiger partial charge on any atom is 0.328 e. The molecular weight excluding hydrogens is 260 g/mol. The Kier molecular flexibility index (Phi) is 3.38. The molecule has 1 aliphatic rings. The average molecular weight is 276 g/mol. The highest BCUT2D eigenvalue weighted by Gasteiger charge is 2.10. The van der Waals surface area contributed by atoms with Gasteiger partial charge in [-0.15, -0.1) is 11.3 Å². The maximum absolute atomic E-state index is 12.2. The lowest BCUT2D eigenvalue weighted by Crippen LogP contribution is -2.34. The van der Waals surface area contributed by atoms with E-state index in [1.807, 2.05) is 5.38 Å². The number of hydrogen-bond acceptors (Lipinski definition) is 3. The minimum atomic E-state index is -0.299. The van der Waals surface area contributed by atoms with Crippen molar-refractivity contribution < 1.29 is 0 Å². The molecular formula is C14H16N2O2S. The Morgan fingerprint density at radius 3 is 3.00 bits per heavy atom. The first-order valence-corrected chi connectivity index (χ1v) is 7.52. The maximum atomic E-state index is 12.2. The van der Waals surface area contributed by atoms with Gasteiger partial charge in [-0.1, -0.05) is 11.6 Å². The highest BCUT2D eigenvalue weighted by atomic mass is 32.1. The fraction of sp³-hybridized carbons (Fsp3) is 0.429. The molecule has 2 heterocycles. The summed E-state index contributed by atoms with van der Waals surface area (Å²) in [6, 6.07) is 1.77. The minimum absolute atomic E-state index is 0.162. The molecule has 0 amide bonds. The third-order valence-electron chi connectivity index (χ3n) is 3.63. The Morgan fingerprint density at radius 2 is 2.21 bits per heavy atom. The van der Waals surface area contributed by atoms with Crippen LogP contribution in [-0.4, -0.2) is 9.55 Å². The van der Waals surface area contributed by atoms with Crippen LogP contribution in [0.15, 0.2) is 32.7 Å². The van der Waals surface area contributed by atoms with Gasteiger partial charge in [0.05, 0.1) is 5.52 Å². The first kappa shape index (κ1) is 12.4. The van der Waals surface area contributed by atoms with Crippen molar-refractivity contribution in [3.8, 4) is 0 Å². The number of hydrogen-bond donors (Lipinski definition) is 1. The van der Waals surface area contributed by atoms with E-state index in [2.05, 4.69) is 11.1 Å². The van der Waals surface area contributed by atoms with E-state index < -0.39 is 0 Å². The van der Waals surface area contributed by atoms with E-state index in [1.165, 1.54) is 34.3 Å². The van der Waals surface area contributed by atoms with Gasteiger partial charge in [-0.05, 0) is 43.6 Å². The third-order valence-corrected chi connectivity index (χ3v) is 4.54. The highest BCUT2D eigenvalue weighted by molar-refractivity contribution is 7.17. The number of allylic oxidation sites excluding steroid dienone is 2. The van der Waals surface area contributed by atoms with Crippen LogP contribution >= 0.6 is 11.3 Å². The summed E-state index contributed by atoms with van der Waals surface area (Å²) in [6.45, 7) is 0.480. The predicted octanol–water partition coefficient (Wildman–Crippen LogP) is 2.64. The van der Waals surface area contributed by atoms with E-state index in [1.54, 1.807) is 6.07 Å². The van der Waals surface area contributed by atoms with Crippen LogP contribution in [0.5, 0.6) is 0 Å². The number of rotatable bonds is 3. The molecule has 0 unspecified atom stereocenters. The predicted molar refractivity (Wildman–Crippen MR) is 77.9 cm³/mol. The Morgan fingerprint density at radius 1 is 1.32 bits per heavy atom. The molecule has 1 aliphatic carbocycles. The second-order valence-corrected chi connectivity index (χ2v) is 5.82. The van der Waals surface area contributed by atoms with Crippen LogP contribution in [0.4, 0.5) is 0 Å². The first-order valence-electron chi connectivity index (χ1n) is 6.64. The van der Waals surface area contributed by atoms with Crippen molar-refractivity contribution >= 4 is 21.6 Å². The Bertz CT molecular complexity index is 736. The summed E-state index contributed by atoms with van der Waals surface area (Å²) >= 11 is 1.38. The number of H-pyrrole nitrogens is 1. The number of thiophene rings is 1. The van der Waals surface area contributed by atoms with Crippen LogP contribution in [0, 0.1) is 0 Å². The average Bonchev–Trinajstić information content (AvgIpc) is 2.88. The van der Waals surface area contributed by atoms with Crippen molar-refractivity contribution in [3.63, 3.8) is 0 Å². The lowest BCUT2D eigenvalue weighted by molar-refractivity contribution is 0.597. The standard InChI is InChI=1S/C14H16N2O2S/c17-13-12-11(7-9-19-12)15-14(18)16(13)8-6-10-4-2-1-3-5-10/h4,7,9H,1-3,5-6,8H2,(H,15,18).